The largest absolute Gasteiger partial charge is 0.466 e. The Morgan fingerprint density at radius 1 is 1.19 bits per heavy atom. The van der Waals surface area contributed by atoms with E-state index < -0.39 is 11.9 Å². The fraction of sp³-hybridized carbons (Fsp3) is 0.412. The number of hydrogen-bond donors (Lipinski definition) is 1. The maximum atomic E-state index is 11.7. The summed E-state index contributed by atoms with van der Waals surface area (Å²) in [6.45, 7) is 2.01. The summed E-state index contributed by atoms with van der Waals surface area (Å²) in [4.78, 5) is 38.6. The van der Waals surface area contributed by atoms with E-state index >= 15 is 0 Å². The molecule has 2 aromatic rings. The molecular formula is C17H20N2O6S. The number of para-hydroxylation sites is 2. The monoisotopic (exact) mass is 380 g/mol. The van der Waals surface area contributed by atoms with Crippen molar-refractivity contribution in [1.82, 2.24) is 10.3 Å². The zero-order valence-corrected chi connectivity index (χ0v) is 15.2. The standard InChI is InChI=1S/C17H20N2O6S/c1-2-23-15(21)8-5-9-18-14(20)10-24-16(22)11-26-17-19-12-6-3-4-7-13(12)25-17/h3-4,6-7H,2,5,8-11H2,1H3,(H,18,20). The van der Waals surface area contributed by atoms with Gasteiger partial charge in [0, 0.05) is 13.0 Å². The van der Waals surface area contributed by atoms with Crippen molar-refractivity contribution in [2.75, 3.05) is 25.5 Å². The molecule has 0 unspecified atom stereocenters. The van der Waals surface area contributed by atoms with Gasteiger partial charge in [-0.25, -0.2) is 4.98 Å². The predicted octanol–water partition coefficient (Wildman–Crippen LogP) is 1.92. The average Bonchev–Trinajstić information content (AvgIpc) is 3.05. The molecule has 26 heavy (non-hydrogen) atoms. The molecule has 8 nitrogen and oxygen atoms in total. The van der Waals surface area contributed by atoms with E-state index in [1.807, 2.05) is 18.2 Å². The lowest BCUT2D eigenvalue weighted by Gasteiger charge is -2.06. The van der Waals surface area contributed by atoms with Gasteiger partial charge in [0.15, 0.2) is 12.2 Å². The highest BCUT2D eigenvalue weighted by Crippen LogP contribution is 2.22. The fourth-order valence-corrected chi connectivity index (χ4v) is 2.60. The van der Waals surface area contributed by atoms with Crippen LogP contribution in [0.15, 0.2) is 33.9 Å². The van der Waals surface area contributed by atoms with Gasteiger partial charge in [-0.1, -0.05) is 23.9 Å². The molecule has 0 saturated carbocycles. The molecule has 1 N–H and O–H groups in total. The highest BCUT2D eigenvalue weighted by atomic mass is 32.2. The molecule has 0 spiro atoms. The second kappa shape index (κ2) is 10.4. The van der Waals surface area contributed by atoms with Crippen LogP contribution >= 0.6 is 11.8 Å². The summed E-state index contributed by atoms with van der Waals surface area (Å²) in [6.07, 6.45) is 0.696. The van der Waals surface area contributed by atoms with E-state index in [4.69, 9.17) is 13.9 Å². The van der Waals surface area contributed by atoms with Crippen LogP contribution in [-0.4, -0.2) is 48.3 Å². The second-order valence-corrected chi connectivity index (χ2v) is 6.08. The number of oxazole rings is 1. The molecule has 1 aromatic heterocycles. The number of esters is 2. The van der Waals surface area contributed by atoms with E-state index in [0.717, 1.165) is 11.8 Å². The first-order valence-electron chi connectivity index (χ1n) is 8.14. The van der Waals surface area contributed by atoms with Crippen LogP contribution in [0.5, 0.6) is 0 Å². The Hall–Kier alpha value is -2.55. The summed E-state index contributed by atoms with van der Waals surface area (Å²) in [7, 11) is 0. The van der Waals surface area contributed by atoms with Crippen LogP contribution in [0, 0.1) is 0 Å². The van der Waals surface area contributed by atoms with Gasteiger partial charge >= 0.3 is 11.9 Å². The van der Waals surface area contributed by atoms with Gasteiger partial charge in [-0.3, -0.25) is 14.4 Å². The molecule has 0 bridgehead atoms. The van der Waals surface area contributed by atoms with Crippen molar-refractivity contribution in [1.29, 1.82) is 0 Å². The number of rotatable bonds is 10. The zero-order valence-electron chi connectivity index (χ0n) is 14.4. The molecule has 0 radical (unpaired) electrons. The van der Waals surface area contributed by atoms with Crippen molar-refractivity contribution in [2.24, 2.45) is 0 Å². The van der Waals surface area contributed by atoms with E-state index in [9.17, 15) is 14.4 Å². The molecule has 9 heteroatoms. The van der Waals surface area contributed by atoms with Crippen LogP contribution in [0.2, 0.25) is 0 Å². The number of amides is 1. The number of thioether (sulfide) groups is 1. The molecule has 1 aromatic carbocycles. The smallest absolute Gasteiger partial charge is 0.316 e. The van der Waals surface area contributed by atoms with Gasteiger partial charge < -0.3 is 19.2 Å². The number of ether oxygens (including phenoxy) is 2. The SMILES string of the molecule is CCOC(=O)CCCNC(=O)COC(=O)CSc1nc2ccccc2o1. The molecule has 0 aliphatic rings. The van der Waals surface area contributed by atoms with Gasteiger partial charge in [-0.05, 0) is 25.5 Å². The van der Waals surface area contributed by atoms with Crippen molar-refractivity contribution >= 4 is 40.7 Å². The minimum atomic E-state index is -0.543. The van der Waals surface area contributed by atoms with E-state index in [1.54, 1.807) is 13.0 Å². The van der Waals surface area contributed by atoms with Gasteiger partial charge in [0.05, 0.1) is 6.61 Å². The number of hydrogen-bond acceptors (Lipinski definition) is 8. The van der Waals surface area contributed by atoms with Gasteiger partial charge in [0.1, 0.15) is 11.3 Å². The van der Waals surface area contributed by atoms with Crippen molar-refractivity contribution in [3.05, 3.63) is 24.3 Å². The van der Waals surface area contributed by atoms with Crippen LogP contribution < -0.4 is 5.32 Å². The summed E-state index contributed by atoms with van der Waals surface area (Å²) >= 11 is 1.10. The molecule has 2 rings (SSSR count). The molecule has 0 aliphatic carbocycles. The summed E-state index contributed by atoms with van der Waals surface area (Å²) in [6, 6.07) is 7.28. The number of carbonyl (C=O) groups is 3. The fourth-order valence-electron chi connectivity index (χ4n) is 1.97. The molecule has 0 fully saturated rings. The lowest BCUT2D eigenvalue weighted by atomic mass is 10.3. The molecule has 1 heterocycles. The minimum absolute atomic E-state index is 0.0110. The molecular weight excluding hydrogens is 360 g/mol. The first-order valence-corrected chi connectivity index (χ1v) is 9.13. The lowest BCUT2D eigenvalue weighted by molar-refractivity contribution is -0.145. The average molecular weight is 380 g/mol. The highest BCUT2D eigenvalue weighted by Gasteiger charge is 2.11. The van der Waals surface area contributed by atoms with Gasteiger partial charge in [-0.2, -0.15) is 0 Å². The molecule has 140 valence electrons. The van der Waals surface area contributed by atoms with Crippen LogP contribution in [0.4, 0.5) is 0 Å². The Kier molecular flexibility index (Phi) is 7.94. The Morgan fingerprint density at radius 3 is 2.77 bits per heavy atom. The van der Waals surface area contributed by atoms with Crippen LogP contribution in [-0.2, 0) is 23.9 Å². The quantitative estimate of drug-likeness (QED) is 0.378. The van der Waals surface area contributed by atoms with Crippen LogP contribution in [0.25, 0.3) is 11.1 Å². The Morgan fingerprint density at radius 2 is 2.00 bits per heavy atom. The van der Waals surface area contributed by atoms with Gasteiger partial charge in [0.2, 0.25) is 0 Å². The van der Waals surface area contributed by atoms with Crippen molar-refractivity contribution < 1.29 is 28.3 Å². The Balaban J connectivity index is 1.59. The van der Waals surface area contributed by atoms with Gasteiger partial charge in [-0.15, -0.1) is 0 Å². The Labute approximate surface area is 154 Å². The summed E-state index contributed by atoms with van der Waals surface area (Å²) in [5, 5.41) is 2.93. The van der Waals surface area contributed by atoms with Crippen molar-refractivity contribution in [2.45, 2.75) is 25.0 Å². The predicted molar refractivity (Wildman–Crippen MR) is 94.6 cm³/mol. The number of aromatic nitrogens is 1. The number of fused-ring (bicyclic) bond motifs is 1. The normalized spacial score (nSPS) is 10.5. The zero-order chi connectivity index (χ0) is 18.8. The molecule has 0 atom stereocenters. The first kappa shape index (κ1) is 19.8. The third-order valence-corrected chi connectivity index (χ3v) is 3.94. The highest BCUT2D eigenvalue weighted by molar-refractivity contribution is 7.99. The third-order valence-electron chi connectivity index (χ3n) is 3.14. The topological polar surface area (TPSA) is 108 Å². The number of nitrogens with one attached hydrogen (secondary N) is 1. The summed E-state index contributed by atoms with van der Waals surface area (Å²) < 4.78 is 15.1. The third kappa shape index (κ3) is 6.75. The maximum absolute atomic E-state index is 11.7. The summed E-state index contributed by atoms with van der Waals surface area (Å²) in [5.41, 5.74) is 1.36. The van der Waals surface area contributed by atoms with Gasteiger partial charge in [0.25, 0.3) is 11.1 Å². The lowest BCUT2D eigenvalue weighted by Crippen LogP contribution is -2.30. The number of benzene rings is 1. The molecule has 0 aliphatic heterocycles. The molecule has 1 amide bonds. The summed E-state index contributed by atoms with van der Waals surface area (Å²) in [5.74, 6) is -1.28. The Bertz CT molecular complexity index is 728. The van der Waals surface area contributed by atoms with E-state index in [1.165, 1.54) is 0 Å². The number of nitrogens with zero attached hydrogens (tertiary/aromatic N) is 1. The first-order chi connectivity index (χ1) is 12.6. The van der Waals surface area contributed by atoms with Crippen LogP contribution in [0.3, 0.4) is 0 Å². The van der Waals surface area contributed by atoms with E-state index in [-0.39, 0.29) is 24.7 Å². The van der Waals surface area contributed by atoms with Crippen molar-refractivity contribution in [3.63, 3.8) is 0 Å². The molecule has 0 saturated heterocycles. The van der Waals surface area contributed by atoms with Crippen molar-refractivity contribution in [3.8, 4) is 0 Å². The second-order valence-electron chi connectivity index (χ2n) is 5.16. The minimum Gasteiger partial charge on any atom is -0.466 e. The van der Waals surface area contributed by atoms with E-state index in [0.29, 0.717) is 35.9 Å². The van der Waals surface area contributed by atoms with E-state index in [2.05, 4.69) is 10.3 Å². The maximum Gasteiger partial charge on any atom is 0.316 e. The number of carbonyl (C=O) groups excluding carboxylic acids is 3. The van der Waals surface area contributed by atoms with Crippen LogP contribution in [0.1, 0.15) is 19.8 Å².